The largest absolute Gasteiger partial charge is 0.481 e. The molecular formula is C28H34N2O5. The number of carbonyl (C=O) groups is 3. The van der Waals surface area contributed by atoms with Crippen LogP contribution in [0.15, 0.2) is 48.5 Å². The van der Waals surface area contributed by atoms with Gasteiger partial charge in [-0.05, 0) is 67.7 Å². The Morgan fingerprint density at radius 3 is 2.23 bits per heavy atom. The third-order valence-electron chi connectivity index (χ3n) is 7.17. The molecule has 1 fully saturated rings. The normalized spacial score (nSPS) is 17.0. The molecule has 3 N–H and O–H groups in total. The van der Waals surface area contributed by atoms with E-state index in [2.05, 4.69) is 34.9 Å². The molecule has 1 saturated carbocycles. The average molecular weight is 479 g/mol. The fourth-order valence-corrected chi connectivity index (χ4v) is 5.17. The molecule has 0 radical (unpaired) electrons. The number of nitrogens with one attached hydrogen (secondary N) is 2. The van der Waals surface area contributed by atoms with Crippen LogP contribution >= 0.6 is 0 Å². The van der Waals surface area contributed by atoms with E-state index >= 15 is 0 Å². The van der Waals surface area contributed by atoms with Crippen LogP contribution in [-0.2, 0) is 14.3 Å². The molecule has 7 heteroatoms. The van der Waals surface area contributed by atoms with Gasteiger partial charge in [0.1, 0.15) is 6.61 Å². The predicted octanol–water partition coefficient (Wildman–Crippen LogP) is 4.84. The Hall–Kier alpha value is -3.35. The minimum atomic E-state index is -0.836. The molecule has 0 aromatic heterocycles. The van der Waals surface area contributed by atoms with Gasteiger partial charge in [-0.2, -0.15) is 0 Å². The highest BCUT2D eigenvalue weighted by Gasteiger charge is 2.44. The fourth-order valence-electron chi connectivity index (χ4n) is 5.17. The van der Waals surface area contributed by atoms with Crippen LogP contribution in [0, 0.1) is 5.92 Å². The van der Waals surface area contributed by atoms with E-state index in [4.69, 9.17) is 9.84 Å². The number of amides is 2. The number of hydrogen-bond donors (Lipinski definition) is 3. The maximum absolute atomic E-state index is 12.9. The number of alkyl carbamates (subject to hydrolysis) is 1. The van der Waals surface area contributed by atoms with E-state index in [1.807, 2.05) is 38.1 Å². The van der Waals surface area contributed by atoms with Crippen molar-refractivity contribution in [1.82, 2.24) is 10.6 Å². The van der Waals surface area contributed by atoms with Gasteiger partial charge in [-0.25, -0.2) is 4.79 Å². The first-order valence-corrected chi connectivity index (χ1v) is 12.4. The second-order valence-corrected chi connectivity index (χ2v) is 10.1. The molecule has 186 valence electrons. The molecule has 0 aliphatic heterocycles. The van der Waals surface area contributed by atoms with Crippen molar-refractivity contribution in [3.63, 3.8) is 0 Å². The summed E-state index contributed by atoms with van der Waals surface area (Å²) in [6.07, 6.45) is 2.76. The second-order valence-electron chi connectivity index (χ2n) is 10.1. The molecule has 0 heterocycles. The van der Waals surface area contributed by atoms with Gasteiger partial charge in [0.05, 0.1) is 5.54 Å². The molecule has 0 bridgehead atoms. The van der Waals surface area contributed by atoms with Gasteiger partial charge in [0.15, 0.2) is 0 Å². The highest BCUT2D eigenvalue weighted by Crippen LogP contribution is 2.45. The fraction of sp³-hybridized carbons (Fsp3) is 0.464. The van der Waals surface area contributed by atoms with Gasteiger partial charge in [-0.3, -0.25) is 9.59 Å². The second kappa shape index (κ2) is 10.5. The van der Waals surface area contributed by atoms with E-state index in [9.17, 15) is 14.4 Å². The van der Waals surface area contributed by atoms with Crippen molar-refractivity contribution in [3.05, 3.63) is 59.7 Å². The van der Waals surface area contributed by atoms with Crippen LogP contribution < -0.4 is 10.6 Å². The number of benzene rings is 2. The summed E-state index contributed by atoms with van der Waals surface area (Å²) in [4.78, 5) is 36.3. The SMILES string of the molecule is CC(CCCC(=O)O)NC(=O)CC(C)(NC(=O)OCC1c2ccccc2-c2ccccc21)C1CC1. The maximum Gasteiger partial charge on any atom is 0.407 e. The predicted molar refractivity (Wildman–Crippen MR) is 133 cm³/mol. The number of fused-ring (bicyclic) bond motifs is 3. The first-order valence-electron chi connectivity index (χ1n) is 12.4. The smallest absolute Gasteiger partial charge is 0.407 e. The lowest BCUT2D eigenvalue weighted by atomic mass is 9.91. The summed E-state index contributed by atoms with van der Waals surface area (Å²) >= 11 is 0. The molecule has 0 spiro atoms. The summed E-state index contributed by atoms with van der Waals surface area (Å²) in [6, 6.07) is 16.3. The Labute approximate surface area is 206 Å². The summed E-state index contributed by atoms with van der Waals surface area (Å²) in [5.74, 6) is -0.773. The van der Waals surface area contributed by atoms with Crippen LogP contribution in [0.2, 0.25) is 0 Å². The molecule has 2 aromatic carbocycles. The molecule has 2 unspecified atom stereocenters. The Balaban J connectivity index is 1.33. The molecule has 2 atom stereocenters. The Morgan fingerprint density at radius 2 is 1.66 bits per heavy atom. The number of hydrogen-bond acceptors (Lipinski definition) is 4. The molecule has 0 saturated heterocycles. The van der Waals surface area contributed by atoms with Crippen molar-refractivity contribution in [2.24, 2.45) is 5.92 Å². The zero-order valence-corrected chi connectivity index (χ0v) is 20.4. The lowest BCUT2D eigenvalue weighted by Crippen LogP contribution is -2.51. The molecular weight excluding hydrogens is 444 g/mol. The first-order chi connectivity index (χ1) is 16.8. The van der Waals surface area contributed by atoms with Crippen molar-refractivity contribution < 1.29 is 24.2 Å². The van der Waals surface area contributed by atoms with Crippen LogP contribution in [0.1, 0.15) is 69.4 Å². The van der Waals surface area contributed by atoms with Crippen LogP contribution in [0.5, 0.6) is 0 Å². The summed E-state index contributed by atoms with van der Waals surface area (Å²) in [6.45, 7) is 4.00. The minimum absolute atomic E-state index is 0.0183. The Kier molecular flexibility index (Phi) is 7.43. The summed E-state index contributed by atoms with van der Waals surface area (Å²) in [7, 11) is 0. The molecule has 35 heavy (non-hydrogen) atoms. The third kappa shape index (κ3) is 6.02. The van der Waals surface area contributed by atoms with Gasteiger partial charge in [-0.1, -0.05) is 48.5 Å². The monoisotopic (exact) mass is 478 g/mol. The lowest BCUT2D eigenvalue weighted by Gasteiger charge is -2.31. The molecule has 2 aliphatic rings. The Bertz CT molecular complexity index is 1050. The first kappa shape index (κ1) is 24.8. The van der Waals surface area contributed by atoms with Crippen LogP contribution in [0.4, 0.5) is 4.79 Å². The van der Waals surface area contributed by atoms with Gasteiger partial charge in [-0.15, -0.1) is 0 Å². The summed E-state index contributed by atoms with van der Waals surface area (Å²) in [5.41, 5.74) is 3.97. The topological polar surface area (TPSA) is 105 Å². The quantitative estimate of drug-likeness (QED) is 0.429. The van der Waals surface area contributed by atoms with Crippen LogP contribution in [0.3, 0.4) is 0 Å². The minimum Gasteiger partial charge on any atom is -0.481 e. The van der Waals surface area contributed by atoms with Crippen LogP contribution in [0.25, 0.3) is 11.1 Å². The number of aliphatic carboxylic acids is 1. The van der Waals surface area contributed by atoms with Gasteiger partial charge in [0, 0.05) is 24.8 Å². The third-order valence-corrected chi connectivity index (χ3v) is 7.17. The van der Waals surface area contributed by atoms with Crippen molar-refractivity contribution in [2.75, 3.05) is 6.61 Å². The molecule has 4 rings (SSSR count). The molecule has 2 aliphatic carbocycles. The van der Waals surface area contributed by atoms with Gasteiger partial charge in [0.2, 0.25) is 5.91 Å². The van der Waals surface area contributed by atoms with Crippen molar-refractivity contribution in [3.8, 4) is 11.1 Å². The van der Waals surface area contributed by atoms with E-state index in [0.717, 1.165) is 24.0 Å². The highest BCUT2D eigenvalue weighted by atomic mass is 16.5. The zero-order chi connectivity index (χ0) is 25.0. The van der Waals surface area contributed by atoms with E-state index in [1.165, 1.54) is 11.1 Å². The number of carboxylic acid groups (broad SMARTS) is 1. The molecule has 2 amide bonds. The van der Waals surface area contributed by atoms with Crippen molar-refractivity contribution in [2.45, 2.75) is 69.9 Å². The lowest BCUT2D eigenvalue weighted by molar-refractivity contribution is -0.137. The molecule has 7 nitrogen and oxygen atoms in total. The van der Waals surface area contributed by atoms with Gasteiger partial charge in [0.25, 0.3) is 0 Å². The Morgan fingerprint density at radius 1 is 1.06 bits per heavy atom. The average Bonchev–Trinajstić information content (AvgIpc) is 3.61. The van der Waals surface area contributed by atoms with E-state index < -0.39 is 17.6 Å². The van der Waals surface area contributed by atoms with Gasteiger partial charge >= 0.3 is 12.1 Å². The van der Waals surface area contributed by atoms with Crippen LogP contribution in [-0.4, -0.2) is 41.3 Å². The van der Waals surface area contributed by atoms with Crippen molar-refractivity contribution in [1.29, 1.82) is 0 Å². The number of carboxylic acids is 1. The maximum atomic E-state index is 12.9. The standard InChI is InChI=1S/C28H34N2O5/c1-18(8-7-13-26(32)33)29-25(31)16-28(2,19-14-15-19)30-27(34)35-17-24-22-11-5-3-9-20(22)21-10-4-6-12-23(21)24/h3-6,9-12,18-19,24H,7-8,13-17H2,1-2H3,(H,29,31)(H,30,34)(H,32,33). The van der Waals surface area contributed by atoms with E-state index in [-0.39, 0.29) is 43.2 Å². The number of rotatable bonds is 11. The van der Waals surface area contributed by atoms with E-state index in [0.29, 0.717) is 12.8 Å². The van der Waals surface area contributed by atoms with E-state index in [1.54, 1.807) is 0 Å². The highest BCUT2D eigenvalue weighted by molar-refractivity contribution is 5.80. The number of ether oxygens (including phenoxy) is 1. The molecule has 2 aromatic rings. The van der Waals surface area contributed by atoms with Gasteiger partial charge < -0.3 is 20.5 Å². The number of carbonyl (C=O) groups excluding carboxylic acids is 2. The summed E-state index contributed by atoms with van der Waals surface area (Å²) < 4.78 is 5.71. The zero-order valence-electron chi connectivity index (χ0n) is 20.4. The summed E-state index contributed by atoms with van der Waals surface area (Å²) in [5, 5.41) is 14.7. The van der Waals surface area contributed by atoms with Crippen molar-refractivity contribution >= 4 is 18.0 Å².